The summed E-state index contributed by atoms with van der Waals surface area (Å²) in [5.74, 6) is -1.64. The summed E-state index contributed by atoms with van der Waals surface area (Å²) in [5, 5.41) is 39.8. The Morgan fingerprint density at radius 2 is 0.938 bits per heavy atom. The maximum Gasteiger partial charge on any atom is 0.338 e. The van der Waals surface area contributed by atoms with Crippen LogP contribution in [0.25, 0.3) is 33.4 Å². The number of carbonyl (C=O) groups excluding carboxylic acids is 2. The molecule has 0 atom stereocenters. The summed E-state index contributed by atoms with van der Waals surface area (Å²) in [6.07, 6.45) is 0. The Kier molecular flexibility index (Phi) is 7.73. The van der Waals surface area contributed by atoms with Crippen LogP contribution in [0.15, 0.2) is 97.1 Å². The standard InChI is InChI=1S/C36H28N6O6/c1-21-14-25(33(43)31(16-21)41-37-27-10-3-4-11-28(27)38-41)19-47-35(45)23-8-7-9-24(18-23)36(46)48-20-26-15-22(2)17-32(34(26)44)42-39-29-12-5-6-13-30(29)40-42/h3-18,43-44H,19-20H2,1-2H3. The van der Waals surface area contributed by atoms with Crippen molar-refractivity contribution >= 4 is 34.0 Å². The molecule has 5 aromatic carbocycles. The summed E-state index contributed by atoms with van der Waals surface area (Å²) < 4.78 is 11.0. The lowest BCUT2D eigenvalue weighted by Gasteiger charge is -2.12. The van der Waals surface area contributed by atoms with E-state index in [-0.39, 0.29) is 35.8 Å². The smallest absolute Gasteiger partial charge is 0.338 e. The van der Waals surface area contributed by atoms with Crippen molar-refractivity contribution in [3.05, 3.63) is 130 Å². The zero-order valence-corrected chi connectivity index (χ0v) is 25.9. The van der Waals surface area contributed by atoms with E-state index < -0.39 is 11.9 Å². The van der Waals surface area contributed by atoms with Gasteiger partial charge in [0.25, 0.3) is 0 Å². The molecule has 0 aliphatic rings. The average Bonchev–Trinajstić information content (AvgIpc) is 3.73. The maximum atomic E-state index is 13.0. The number of phenolic OH excluding ortho intramolecular Hbond substituents is 2. The van der Waals surface area contributed by atoms with Crippen LogP contribution in [0.4, 0.5) is 0 Å². The number of nitrogens with zero attached hydrogens (tertiary/aromatic N) is 6. The predicted molar refractivity (Wildman–Crippen MR) is 175 cm³/mol. The van der Waals surface area contributed by atoms with E-state index >= 15 is 0 Å². The number of aromatic hydroxyl groups is 2. The first-order chi connectivity index (χ1) is 23.2. The largest absolute Gasteiger partial charge is 0.505 e. The van der Waals surface area contributed by atoms with Crippen molar-refractivity contribution in [3.63, 3.8) is 0 Å². The molecule has 0 aliphatic heterocycles. The van der Waals surface area contributed by atoms with Gasteiger partial charge in [-0.2, -0.15) is 0 Å². The van der Waals surface area contributed by atoms with Crippen LogP contribution < -0.4 is 0 Å². The molecule has 12 nitrogen and oxygen atoms in total. The van der Waals surface area contributed by atoms with Gasteiger partial charge in [-0.1, -0.05) is 30.3 Å². The minimum absolute atomic E-state index is 0.120. The highest BCUT2D eigenvalue weighted by atomic mass is 16.5. The van der Waals surface area contributed by atoms with Gasteiger partial charge < -0.3 is 19.7 Å². The van der Waals surface area contributed by atoms with Crippen LogP contribution >= 0.6 is 0 Å². The lowest BCUT2D eigenvalue weighted by atomic mass is 10.1. The molecule has 0 unspecified atom stereocenters. The summed E-state index contributed by atoms with van der Waals surface area (Å²) in [5.41, 5.74) is 5.97. The number of aryl methyl sites for hydroxylation is 2. The summed E-state index contributed by atoms with van der Waals surface area (Å²) in [6.45, 7) is 3.23. The molecular weight excluding hydrogens is 612 g/mol. The molecule has 7 aromatic rings. The quantitative estimate of drug-likeness (QED) is 0.192. The highest BCUT2D eigenvalue weighted by Gasteiger charge is 2.19. The molecule has 2 aromatic heterocycles. The van der Waals surface area contributed by atoms with Crippen molar-refractivity contribution in [3.8, 4) is 22.9 Å². The van der Waals surface area contributed by atoms with Crippen LogP contribution in [0, 0.1) is 13.8 Å². The molecule has 238 valence electrons. The summed E-state index contributed by atoms with van der Waals surface area (Å²) in [6, 6.07) is 27.5. The van der Waals surface area contributed by atoms with Crippen LogP contribution in [-0.2, 0) is 22.7 Å². The molecule has 0 saturated carbocycles. The predicted octanol–water partition coefficient (Wildman–Crippen LogP) is 5.90. The van der Waals surface area contributed by atoms with E-state index in [0.29, 0.717) is 44.6 Å². The topological polar surface area (TPSA) is 154 Å². The average molecular weight is 641 g/mol. The van der Waals surface area contributed by atoms with Crippen LogP contribution in [0.5, 0.6) is 11.5 Å². The van der Waals surface area contributed by atoms with E-state index in [1.807, 2.05) is 62.4 Å². The lowest BCUT2D eigenvalue weighted by molar-refractivity contribution is 0.0468. The van der Waals surface area contributed by atoms with Gasteiger partial charge in [0.15, 0.2) is 0 Å². The van der Waals surface area contributed by atoms with Crippen molar-refractivity contribution in [1.29, 1.82) is 0 Å². The van der Waals surface area contributed by atoms with Crippen molar-refractivity contribution in [2.75, 3.05) is 0 Å². The fourth-order valence-electron chi connectivity index (χ4n) is 5.35. The minimum atomic E-state index is -0.699. The molecule has 0 fully saturated rings. The zero-order chi connectivity index (χ0) is 33.4. The van der Waals surface area contributed by atoms with Crippen molar-refractivity contribution in [2.45, 2.75) is 27.1 Å². The van der Waals surface area contributed by atoms with Gasteiger partial charge >= 0.3 is 11.9 Å². The normalized spacial score (nSPS) is 11.2. The number of hydrogen-bond donors (Lipinski definition) is 2. The number of esters is 2. The van der Waals surface area contributed by atoms with Gasteiger partial charge in [-0.3, -0.25) is 0 Å². The maximum absolute atomic E-state index is 13.0. The lowest BCUT2D eigenvalue weighted by Crippen LogP contribution is -2.10. The van der Waals surface area contributed by atoms with Gasteiger partial charge in [0.2, 0.25) is 0 Å². The van der Waals surface area contributed by atoms with E-state index in [9.17, 15) is 19.8 Å². The van der Waals surface area contributed by atoms with Crippen molar-refractivity contribution in [2.24, 2.45) is 0 Å². The molecule has 7 rings (SSSR count). The molecule has 0 amide bonds. The van der Waals surface area contributed by atoms with E-state index in [2.05, 4.69) is 20.4 Å². The third-order valence-electron chi connectivity index (χ3n) is 7.68. The number of rotatable bonds is 8. The molecule has 0 radical (unpaired) electrons. The third-order valence-corrected chi connectivity index (χ3v) is 7.68. The first-order valence-corrected chi connectivity index (χ1v) is 15.0. The molecule has 2 N–H and O–H groups in total. The number of ether oxygens (including phenoxy) is 2. The second kappa shape index (κ2) is 12.3. The number of phenols is 2. The summed E-state index contributed by atoms with van der Waals surface area (Å²) in [7, 11) is 0. The SMILES string of the molecule is Cc1cc(COC(=O)c2cccc(C(=O)OCc3cc(C)cc(-n4nc5ccccc5n4)c3O)c2)c(O)c(-n2nc3ccccc3n2)c1. The molecular formula is C36H28N6O6. The highest BCUT2D eigenvalue weighted by molar-refractivity contribution is 5.95. The molecule has 0 spiro atoms. The second-order valence-corrected chi connectivity index (χ2v) is 11.3. The fraction of sp³-hybridized carbons (Fsp3) is 0.111. The monoisotopic (exact) mass is 640 g/mol. The first kappa shape index (κ1) is 30.1. The van der Waals surface area contributed by atoms with Crippen molar-refractivity contribution < 1.29 is 29.3 Å². The molecule has 0 bridgehead atoms. The van der Waals surface area contributed by atoms with E-state index in [0.717, 1.165) is 11.1 Å². The van der Waals surface area contributed by atoms with E-state index in [4.69, 9.17) is 9.47 Å². The van der Waals surface area contributed by atoms with Gasteiger partial charge in [-0.15, -0.1) is 30.0 Å². The molecule has 12 heteroatoms. The molecule has 2 heterocycles. The Labute approximate surface area is 273 Å². The Bertz CT molecular complexity index is 2130. The Hall–Kier alpha value is -6.56. The number of fused-ring (bicyclic) bond motifs is 2. The fourth-order valence-corrected chi connectivity index (χ4v) is 5.35. The van der Waals surface area contributed by atoms with E-state index in [1.165, 1.54) is 27.8 Å². The second-order valence-electron chi connectivity index (χ2n) is 11.3. The van der Waals surface area contributed by atoms with Crippen molar-refractivity contribution in [1.82, 2.24) is 30.0 Å². The third kappa shape index (κ3) is 5.89. The van der Waals surface area contributed by atoms with Crippen LogP contribution in [0.2, 0.25) is 0 Å². The van der Waals surface area contributed by atoms with Gasteiger partial charge in [0, 0.05) is 11.1 Å². The van der Waals surface area contributed by atoms with Gasteiger partial charge in [0.05, 0.1) is 11.1 Å². The summed E-state index contributed by atoms with van der Waals surface area (Å²) in [4.78, 5) is 28.7. The Morgan fingerprint density at radius 1 is 0.562 bits per heavy atom. The zero-order valence-electron chi connectivity index (χ0n) is 25.9. The van der Waals surface area contributed by atoms with Gasteiger partial charge in [0.1, 0.15) is 58.2 Å². The highest BCUT2D eigenvalue weighted by Crippen LogP contribution is 2.30. The first-order valence-electron chi connectivity index (χ1n) is 15.0. The number of benzene rings is 5. The number of aromatic nitrogens is 6. The Morgan fingerprint density at radius 3 is 1.31 bits per heavy atom. The Balaban J connectivity index is 1.04. The number of hydrogen-bond acceptors (Lipinski definition) is 10. The van der Waals surface area contributed by atoms with Gasteiger partial charge in [-0.05, 0) is 91.7 Å². The van der Waals surface area contributed by atoms with Crippen LogP contribution in [0.1, 0.15) is 43.0 Å². The van der Waals surface area contributed by atoms with Gasteiger partial charge in [-0.25, -0.2) is 9.59 Å². The molecule has 48 heavy (non-hydrogen) atoms. The minimum Gasteiger partial charge on any atom is -0.505 e. The molecule has 0 saturated heterocycles. The van der Waals surface area contributed by atoms with Crippen LogP contribution in [0.3, 0.4) is 0 Å². The number of carbonyl (C=O) groups is 2. The van der Waals surface area contributed by atoms with Crippen LogP contribution in [-0.4, -0.2) is 52.1 Å². The summed E-state index contributed by atoms with van der Waals surface area (Å²) >= 11 is 0. The van der Waals surface area contributed by atoms with E-state index in [1.54, 1.807) is 30.3 Å². The molecule has 0 aliphatic carbocycles.